The molecule has 0 heterocycles. The molecular weight excluding hydrogens is 279 g/mol. The molecule has 0 unspecified atom stereocenters. The van der Waals surface area contributed by atoms with Crippen LogP contribution in [-0.4, -0.2) is 15.0 Å². The lowest BCUT2D eigenvalue weighted by atomic mass is 9.83. The average molecular weight is 300 g/mol. The molecule has 0 amide bonds. The van der Waals surface area contributed by atoms with Gasteiger partial charge in [-0.25, -0.2) is 17.5 Å². The van der Waals surface area contributed by atoms with E-state index < -0.39 is 15.8 Å². The second-order valence-corrected chi connectivity index (χ2v) is 7.43. The Kier molecular flexibility index (Phi) is 4.65. The molecule has 1 aromatic rings. The number of halogens is 1. The van der Waals surface area contributed by atoms with Crippen molar-refractivity contribution < 1.29 is 12.8 Å². The molecule has 6 heteroatoms. The van der Waals surface area contributed by atoms with Crippen molar-refractivity contribution in [2.75, 3.05) is 12.3 Å². The molecule has 2 rings (SSSR count). The van der Waals surface area contributed by atoms with Crippen LogP contribution in [0.4, 0.5) is 10.1 Å². The number of nitrogens with one attached hydrogen (secondary N) is 1. The Morgan fingerprint density at radius 3 is 2.55 bits per heavy atom. The van der Waals surface area contributed by atoms with E-state index in [0.29, 0.717) is 12.5 Å². The van der Waals surface area contributed by atoms with E-state index in [4.69, 9.17) is 5.73 Å². The first kappa shape index (κ1) is 15.3. The van der Waals surface area contributed by atoms with Gasteiger partial charge in [-0.15, -0.1) is 0 Å². The van der Waals surface area contributed by atoms with Crippen LogP contribution in [0.1, 0.15) is 32.6 Å². The molecule has 0 bridgehead atoms. The summed E-state index contributed by atoms with van der Waals surface area (Å²) in [5.41, 5.74) is 5.25. The molecule has 112 valence electrons. The summed E-state index contributed by atoms with van der Waals surface area (Å²) in [6.45, 7) is 2.66. The van der Waals surface area contributed by atoms with Crippen molar-refractivity contribution in [2.24, 2.45) is 11.8 Å². The van der Waals surface area contributed by atoms with Gasteiger partial charge in [0.2, 0.25) is 10.0 Å². The molecule has 1 aliphatic rings. The summed E-state index contributed by atoms with van der Waals surface area (Å²) in [5.74, 6) is 0.517. The molecule has 4 nitrogen and oxygen atoms in total. The summed E-state index contributed by atoms with van der Waals surface area (Å²) in [6.07, 6.45) is 4.40. The number of hydrogen-bond donors (Lipinski definition) is 2. The predicted octanol–water partition coefficient (Wildman–Crippen LogP) is 2.51. The Morgan fingerprint density at radius 1 is 1.30 bits per heavy atom. The molecule has 0 saturated heterocycles. The Morgan fingerprint density at radius 2 is 1.95 bits per heavy atom. The molecular formula is C14H21FN2O2S. The second kappa shape index (κ2) is 6.10. The Hall–Kier alpha value is -1.14. The fraction of sp³-hybridized carbons (Fsp3) is 0.571. The summed E-state index contributed by atoms with van der Waals surface area (Å²) in [5, 5.41) is 0. The van der Waals surface area contributed by atoms with Crippen LogP contribution in [0, 0.1) is 17.7 Å². The lowest BCUT2D eigenvalue weighted by Gasteiger charge is -2.26. The molecule has 3 N–H and O–H groups in total. The van der Waals surface area contributed by atoms with Crippen molar-refractivity contribution in [1.82, 2.24) is 4.72 Å². The van der Waals surface area contributed by atoms with E-state index in [9.17, 15) is 12.8 Å². The van der Waals surface area contributed by atoms with E-state index in [-0.39, 0.29) is 10.6 Å². The fourth-order valence-electron chi connectivity index (χ4n) is 2.53. The van der Waals surface area contributed by atoms with Crippen LogP contribution in [0.15, 0.2) is 23.1 Å². The standard InChI is InChI=1S/C14H21FN2O2S/c1-10-2-4-11(5-3-10)9-17-20(18,19)12-6-7-13(15)14(16)8-12/h6-8,10-11,17H,2-5,9,16H2,1H3. The highest BCUT2D eigenvalue weighted by molar-refractivity contribution is 7.89. The quantitative estimate of drug-likeness (QED) is 0.839. The molecule has 0 aromatic heterocycles. The zero-order valence-corrected chi connectivity index (χ0v) is 12.4. The van der Waals surface area contributed by atoms with E-state index in [1.54, 1.807) is 0 Å². The molecule has 1 aliphatic carbocycles. The number of hydrogen-bond acceptors (Lipinski definition) is 3. The molecule has 1 aromatic carbocycles. The Labute approximate surface area is 119 Å². The van der Waals surface area contributed by atoms with Gasteiger partial charge >= 0.3 is 0 Å². The highest BCUT2D eigenvalue weighted by atomic mass is 32.2. The van der Waals surface area contributed by atoms with Gasteiger partial charge in [0.25, 0.3) is 0 Å². The first-order valence-corrected chi connectivity index (χ1v) is 8.41. The summed E-state index contributed by atoms with van der Waals surface area (Å²) in [6, 6.07) is 3.46. The van der Waals surface area contributed by atoms with E-state index in [1.807, 2.05) is 0 Å². The third-order valence-corrected chi connectivity index (χ3v) is 5.40. The van der Waals surface area contributed by atoms with Gasteiger partial charge in [0.05, 0.1) is 10.6 Å². The van der Waals surface area contributed by atoms with Gasteiger partial charge in [0.1, 0.15) is 5.82 Å². The molecule has 0 aliphatic heterocycles. The number of nitrogen functional groups attached to an aromatic ring is 1. The van der Waals surface area contributed by atoms with Crippen LogP contribution in [0.25, 0.3) is 0 Å². The smallest absolute Gasteiger partial charge is 0.240 e. The number of sulfonamides is 1. The highest BCUT2D eigenvalue weighted by Crippen LogP contribution is 2.28. The zero-order chi connectivity index (χ0) is 14.8. The summed E-state index contributed by atoms with van der Waals surface area (Å²) in [7, 11) is -3.61. The molecule has 0 spiro atoms. The maximum atomic E-state index is 13.1. The van der Waals surface area contributed by atoms with Crippen molar-refractivity contribution in [2.45, 2.75) is 37.5 Å². The number of benzene rings is 1. The highest BCUT2D eigenvalue weighted by Gasteiger charge is 2.21. The van der Waals surface area contributed by atoms with Crippen LogP contribution >= 0.6 is 0 Å². The summed E-state index contributed by atoms with van der Waals surface area (Å²) >= 11 is 0. The molecule has 20 heavy (non-hydrogen) atoms. The Balaban J connectivity index is 1.98. The maximum absolute atomic E-state index is 13.1. The van der Waals surface area contributed by atoms with Crippen molar-refractivity contribution >= 4 is 15.7 Å². The van der Waals surface area contributed by atoms with Crippen LogP contribution in [0.3, 0.4) is 0 Å². The van der Waals surface area contributed by atoms with Gasteiger partial charge in [-0.05, 0) is 42.9 Å². The van der Waals surface area contributed by atoms with Crippen LogP contribution < -0.4 is 10.5 Å². The average Bonchev–Trinajstić information content (AvgIpc) is 2.41. The fourth-order valence-corrected chi connectivity index (χ4v) is 3.68. The largest absolute Gasteiger partial charge is 0.396 e. The van der Waals surface area contributed by atoms with Gasteiger partial charge in [-0.2, -0.15) is 0 Å². The number of nitrogens with two attached hydrogens (primary N) is 1. The summed E-state index contributed by atoms with van der Waals surface area (Å²) in [4.78, 5) is 0.0144. The lowest BCUT2D eigenvalue weighted by Crippen LogP contribution is -2.31. The van der Waals surface area contributed by atoms with Gasteiger partial charge in [-0.3, -0.25) is 0 Å². The minimum atomic E-state index is -3.61. The van der Waals surface area contributed by atoms with Crippen LogP contribution in [-0.2, 0) is 10.0 Å². The zero-order valence-electron chi connectivity index (χ0n) is 11.6. The third kappa shape index (κ3) is 3.70. The number of anilines is 1. The van der Waals surface area contributed by atoms with E-state index in [0.717, 1.165) is 43.7 Å². The van der Waals surface area contributed by atoms with Gasteiger partial charge in [0, 0.05) is 6.54 Å². The molecule has 0 radical (unpaired) electrons. The second-order valence-electron chi connectivity index (χ2n) is 5.66. The SMILES string of the molecule is CC1CCC(CNS(=O)(=O)c2ccc(F)c(N)c2)CC1. The first-order valence-electron chi connectivity index (χ1n) is 6.93. The van der Waals surface area contributed by atoms with E-state index in [2.05, 4.69) is 11.6 Å². The normalized spacial score (nSPS) is 23.7. The molecule has 1 saturated carbocycles. The van der Waals surface area contributed by atoms with Crippen molar-refractivity contribution in [3.63, 3.8) is 0 Å². The van der Waals surface area contributed by atoms with Crippen molar-refractivity contribution in [1.29, 1.82) is 0 Å². The van der Waals surface area contributed by atoms with Crippen LogP contribution in [0.2, 0.25) is 0 Å². The molecule has 0 atom stereocenters. The van der Waals surface area contributed by atoms with E-state index in [1.165, 1.54) is 6.07 Å². The Bertz CT molecular complexity index is 567. The number of rotatable bonds is 4. The van der Waals surface area contributed by atoms with Gasteiger partial charge < -0.3 is 5.73 Å². The van der Waals surface area contributed by atoms with Crippen molar-refractivity contribution in [3.8, 4) is 0 Å². The topological polar surface area (TPSA) is 72.2 Å². The van der Waals surface area contributed by atoms with Gasteiger partial charge in [-0.1, -0.05) is 19.8 Å². The lowest BCUT2D eigenvalue weighted by molar-refractivity contribution is 0.290. The van der Waals surface area contributed by atoms with Gasteiger partial charge in [0.15, 0.2) is 0 Å². The third-order valence-electron chi connectivity index (χ3n) is 3.98. The first-order chi connectivity index (χ1) is 9.38. The minimum absolute atomic E-state index is 0.0144. The minimum Gasteiger partial charge on any atom is -0.396 e. The summed E-state index contributed by atoms with van der Waals surface area (Å²) < 4.78 is 39.9. The van der Waals surface area contributed by atoms with Crippen molar-refractivity contribution in [3.05, 3.63) is 24.0 Å². The predicted molar refractivity (Wildman–Crippen MR) is 77.1 cm³/mol. The van der Waals surface area contributed by atoms with E-state index >= 15 is 0 Å². The monoisotopic (exact) mass is 300 g/mol. The van der Waals surface area contributed by atoms with Crippen LogP contribution in [0.5, 0.6) is 0 Å². The molecule has 1 fully saturated rings. The maximum Gasteiger partial charge on any atom is 0.240 e.